The number of rotatable bonds is 5. The first-order chi connectivity index (χ1) is 7.16. The Morgan fingerprint density at radius 3 is 2.53 bits per heavy atom. The smallest absolute Gasteiger partial charge is 0.211 e. The first-order valence-corrected chi connectivity index (χ1v) is 7.22. The second-order valence-corrected chi connectivity index (χ2v) is 6.31. The van der Waals surface area contributed by atoms with Crippen molar-refractivity contribution in [3.63, 3.8) is 0 Å². The monoisotopic (exact) mass is 233 g/mol. The molecule has 0 aliphatic carbocycles. The fraction of sp³-hybridized carbons (Fsp3) is 1.00. The molecule has 0 saturated carbocycles. The minimum absolute atomic E-state index is 0.106. The van der Waals surface area contributed by atoms with Crippen LogP contribution in [0.4, 0.5) is 0 Å². The van der Waals surface area contributed by atoms with Gasteiger partial charge in [-0.3, -0.25) is 0 Å². The van der Waals surface area contributed by atoms with Crippen LogP contribution in [0.15, 0.2) is 0 Å². The van der Waals surface area contributed by atoms with E-state index in [1.54, 1.807) is 0 Å². The lowest BCUT2D eigenvalue weighted by molar-refractivity contribution is 0.338. The van der Waals surface area contributed by atoms with Crippen LogP contribution in [0, 0.1) is 5.92 Å². The molecule has 0 spiro atoms. The van der Waals surface area contributed by atoms with Crippen molar-refractivity contribution in [3.05, 3.63) is 0 Å². The number of sulfonamides is 1. The van der Waals surface area contributed by atoms with E-state index < -0.39 is 10.0 Å². The second-order valence-electron chi connectivity index (χ2n) is 4.44. The minimum Gasteiger partial charge on any atom is -0.316 e. The molecule has 2 rings (SSSR count). The third kappa shape index (κ3) is 3.41. The van der Waals surface area contributed by atoms with Gasteiger partial charge in [-0.15, -0.1) is 0 Å². The van der Waals surface area contributed by atoms with Crippen molar-refractivity contribution in [2.45, 2.75) is 18.9 Å². The molecule has 2 aliphatic heterocycles. The maximum Gasteiger partial charge on any atom is 0.211 e. The molecule has 3 N–H and O–H groups in total. The molecule has 5 nitrogen and oxygen atoms in total. The molecule has 2 aliphatic rings. The Kier molecular flexibility index (Phi) is 3.60. The van der Waals surface area contributed by atoms with Crippen LogP contribution in [0.25, 0.3) is 0 Å². The van der Waals surface area contributed by atoms with Gasteiger partial charge in [-0.2, -0.15) is 0 Å². The summed E-state index contributed by atoms with van der Waals surface area (Å²) < 4.78 is 26.1. The predicted molar refractivity (Wildman–Crippen MR) is 59.2 cm³/mol. The van der Waals surface area contributed by atoms with E-state index in [2.05, 4.69) is 15.4 Å². The summed E-state index contributed by atoms with van der Waals surface area (Å²) in [5.74, 6) is 0.832. The molecular weight excluding hydrogens is 214 g/mol. The van der Waals surface area contributed by atoms with E-state index in [0.29, 0.717) is 5.92 Å². The van der Waals surface area contributed by atoms with Crippen LogP contribution < -0.4 is 15.4 Å². The van der Waals surface area contributed by atoms with Crippen LogP contribution in [-0.2, 0) is 10.0 Å². The largest absolute Gasteiger partial charge is 0.316 e. The molecule has 88 valence electrons. The summed E-state index contributed by atoms with van der Waals surface area (Å²) in [6.07, 6.45) is 1.69. The van der Waals surface area contributed by atoms with Crippen LogP contribution in [0.1, 0.15) is 12.8 Å². The Bertz CT molecular complexity index is 294. The van der Waals surface area contributed by atoms with E-state index in [4.69, 9.17) is 0 Å². The predicted octanol–water partition coefficient (Wildman–Crippen LogP) is -1.12. The standard InChI is InChI=1S/C9H19N3O2S/c13-15(14,4-2-8-5-11-6-8)12-9-1-3-10-7-9/h8-12H,1-7H2. The van der Waals surface area contributed by atoms with Crippen molar-refractivity contribution >= 4 is 10.0 Å². The lowest BCUT2D eigenvalue weighted by Gasteiger charge is -2.27. The summed E-state index contributed by atoms with van der Waals surface area (Å²) in [7, 11) is -3.05. The van der Waals surface area contributed by atoms with E-state index in [0.717, 1.165) is 39.0 Å². The van der Waals surface area contributed by atoms with Crippen molar-refractivity contribution in [1.29, 1.82) is 0 Å². The Hall–Kier alpha value is -0.170. The molecule has 15 heavy (non-hydrogen) atoms. The minimum atomic E-state index is -3.05. The van der Waals surface area contributed by atoms with Gasteiger partial charge in [0.2, 0.25) is 10.0 Å². The number of nitrogens with one attached hydrogen (secondary N) is 3. The maximum atomic E-state index is 11.7. The highest BCUT2D eigenvalue weighted by molar-refractivity contribution is 7.89. The van der Waals surface area contributed by atoms with E-state index in [1.165, 1.54) is 0 Å². The van der Waals surface area contributed by atoms with Gasteiger partial charge in [0.1, 0.15) is 0 Å². The van der Waals surface area contributed by atoms with Crippen molar-refractivity contribution in [1.82, 2.24) is 15.4 Å². The zero-order valence-electron chi connectivity index (χ0n) is 8.83. The second kappa shape index (κ2) is 4.78. The fourth-order valence-corrected chi connectivity index (χ4v) is 3.41. The van der Waals surface area contributed by atoms with E-state index in [-0.39, 0.29) is 11.8 Å². The van der Waals surface area contributed by atoms with Crippen LogP contribution >= 0.6 is 0 Å². The molecule has 0 bridgehead atoms. The van der Waals surface area contributed by atoms with Gasteiger partial charge in [-0.1, -0.05) is 0 Å². The number of hydrogen-bond donors (Lipinski definition) is 3. The van der Waals surface area contributed by atoms with Crippen LogP contribution in [0.3, 0.4) is 0 Å². The van der Waals surface area contributed by atoms with Gasteiger partial charge < -0.3 is 10.6 Å². The van der Waals surface area contributed by atoms with Crippen LogP contribution in [-0.4, -0.2) is 46.4 Å². The molecule has 2 heterocycles. The first kappa shape index (κ1) is 11.3. The van der Waals surface area contributed by atoms with E-state index in [1.807, 2.05) is 0 Å². The Labute approximate surface area is 91.1 Å². The van der Waals surface area contributed by atoms with Gasteiger partial charge >= 0.3 is 0 Å². The molecule has 0 aromatic heterocycles. The van der Waals surface area contributed by atoms with Gasteiger partial charge in [0.25, 0.3) is 0 Å². The highest BCUT2D eigenvalue weighted by atomic mass is 32.2. The summed E-state index contributed by atoms with van der Waals surface area (Å²) in [5.41, 5.74) is 0. The van der Waals surface area contributed by atoms with Gasteiger partial charge in [-0.05, 0) is 38.4 Å². The van der Waals surface area contributed by atoms with Crippen molar-refractivity contribution < 1.29 is 8.42 Å². The summed E-state index contributed by atoms with van der Waals surface area (Å²) in [5, 5.41) is 6.29. The van der Waals surface area contributed by atoms with Crippen molar-refractivity contribution in [2.75, 3.05) is 31.9 Å². The third-order valence-electron chi connectivity index (χ3n) is 3.07. The fourth-order valence-electron chi connectivity index (χ4n) is 1.94. The SMILES string of the molecule is O=S(=O)(CCC1CNC1)NC1CCNC1. The van der Waals surface area contributed by atoms with Crippen LogP contribution in [0.5, 0.6) is 0 Å². The van der Waals surface area contributed by atoms with E-state index in [9.17, 15) is 8.42 Å². The highest BCUT2D eigenvalue weighted by Crippen LogP contribution is 2.10. The lowest BCUT2D eigenvalue weighted by Crippen LogP contribution is -2.44. The maximum absolute atomic E-state index is 11.7. The Balaban J connectivity index is 1.72. The van der Waals surface area contributed by atoms with Crippen molar-refractivity contribution in [2.24, 2.45) is 5.92 Å². The average molecular weight is 233 g/mol. The zero-order valence-corrected chi connectivity index (χ0v) is 9.65. The van der Waals surface area contributed by atoms with Gasteiger partial charge in [-0.25, -0.2) is 13.1 Å². The summed E-state index contributed by atoms with van der Waals surface area (Å²) >= 11 is 0. The third-order valence-corrected chi connectivity index (χ3v) is 4.53. The molecule has 2 saturated heterocycles. The molecule has 0 aromatic carbocycles. The van der Waals surface area contributed by atoms with Gasteiger partial charge in [0, 0.05) is 12.6 Å². The van der Waals surface area contributed by atoms with Gasteiger partial charge in [0.05, 0.1) is 5.75 Å². The summed E-state index contributed by atoms with van der Waals surface area (Å²) in [4.78, 5) is 0. The molecule has 0 aromatic rings. The summed E-state index contributed by atoms with van der Waals surface area (Å²) in [6, 6.07) is 0.106. The molecular formula is C9H19N3O2S. The molecule has 6 heteroatoms. The quantitative estimate of drug-likeness (QED) is 0.562. The highest BCUT2D eigenvalue weighted by Gasteiger charge is 2.23. The van der Waals surface area contributed by atoms with Crippen LogP contribution in [0.2, 0.25) is 0 Å². The first-order valence-electron chi connectivity index (χ1n) is 5.57. The Morgan fingerprint density at radius 1 is 1.20 bits per heavy atom. The zero-order chi connectivity index (χ0) is 10.7. The average Bonchev–Trinajstić information content (AvgIpc) is 2.52. The molecule has 1 unspecified atom stereocenters. The normalized spacial score (nSPS) is 27.9. The molecule has 0 radical (unpaired) electrons. The molecule has 0 amide bonds. The molecule has 1 atom stereocenters. The van der Waals surface area contributed by atoms with Crippen molar-refractivity contribution in [3.8, 4) is 0 Å². The lowest BCUT2D eigenvalue weighted by atomic mass is 10.0. The Morgan fingerprint density at radius 2 is 2.00 bits per heavy atom. The van der Waals surface area contributed by atoms with Gasteiger partial charge in [0.15, 0.2) is 0 Å². The topological polar surface area (TPSA) is 70.2 Å². The molecule has 2 fully saturated rings. The van der Waals surface area contributed by atoms with E-state index >= 15 is 0 Å². The summed E-state index contributed by atoms with van der Waals surface area (Å²) in [6.45, 7) is 3.63. The number of hydrogen-bond acceptors (Lipinski definition) is 4.